The lowest BCUT2D eigenvalue weighted by atomic mass is 9.77. The number of rotatable bonds is 0. The number of benzene rings is 1. The number of fused-ring (bicyclic) bond motifs is 3. The Labute approximate surface area is 89.0 Å². The van der Waals surface area contributed by atoms with Crippen LogP contribution in [0, 0.1) is 0 Å². The maximum Gasteiger partial charge on any atom is 0.147 e. The molecule has 15 heavy (non-hydrogen) atoms. The molecule has 0 spiro atoms. The Morgan fingerprint density at radius 2 is 2.20 bits per heavy atom. The number of nitrogens with two attached hydrogens (primary N) is 1. The van der Waals surface area contributed by atoms with Crippen molar-refractivity contribution in [2.45, 2.75) is 18.4 Å². The third kappa shape index (κ3) is 0.990. The van der Waals surface area contributed by atoms with Crippen LogP contribution in [0.1, 0.15) is 12.5 Å². The second-order valence-electron chi connectivity index (χ2n) is 4.29. The van der Waals surface area contributed by atoms with E-state index in [1.807, 2.05) is 18.2 Å². The lowest BCUT2D eigenvalue weighted by Crippen LogP contribution is -2.32. The normalized spacial score (nSPS) is 30.9. The highest BCUT2D eigenvalue weighted by molar-refractivity contribution is 5.63. The van der Waals surface area contributed by atoms with Crippen LogP contribution < -0.4 is 10.5 Å². The highest BCUT2D eigenvalue weighted by atomic mass is 16.5. The average molecular weight is 199 g/mol. The molecule has 3 rings (SSSR count). The number of allylic oxidation sites excluding steroid dienone is 2. The third-order valence-electron chi connectivity index (χ3n) is 3.30. The standard InChI is InChI=1S/C13H13NO/c1-13-8-3-2-7-11(13)15-12-9(13)5-4-6-10(12)14/h2-8,11H,14H2,1H3. The fourth-order valence-electron chi connectivity index (χ4n) is 2.36. The second kappa shape index (κ2) is 2.66. The molecule has 1 aromatic carbocycles. The molecule has 2 N–H and O–H groups in total. The minimum Gasteiger partial charge on any atom is -0.483 e. The Kier molecular flexibility index (Phi) is 1.52. The minimum atomic E-state index is -0.0561. The molecule has 2 atom stereocenters. The number of ether oxygens (including phenoxy) is 1. The van der Waals surface area contributed by atoms with Crippen LogP contribution in [-0.2, 0) is 5.41 Å². The molecule has 2 nitrogen and oxygen atoms in total. The van der Waals surface area contributed by atoms with E-state index in [1.165, 1.54) is 5.56 Å². The summed E-state index contributed by atoms with van der Waals surface area (Å²) in [6.45, 7) is 2.18. The maximum atomic E-state index is 5.91. The summed E-state index contributed by atoms with van der Waals surface area (Å²) >= 11 is 0. The molecule has 76 valence electrons. The number of nitrogen functional groups attached to an aromatic ring is 1. The molecule has 1 heterocycles. The van der Waals surface area contributed by atoms with Gasteiger partial charge in [0.1, 0.15) is 11.9 Å². The van der Waals surface area contributed by atoms with Gasteiger partial charge in [-0.25, -0.2) is 0 Å². The number of hydrogen-bond acceptors (Lipinski definition) is 2. The van der Waals surface area contributed by atoms with Gasteiger partial charge in [-0.3, -0.25) is 0 Å². The van der Waals surface area contributed by atoms with Gasteiger partial charge < -0.3 is 10.5 Å². The highest BCUT2D eigenvalue weighted by Gasteiger charge is 2.43. The quantitative estimate of drug-likeness (QED) is 0.651. The van der Waals surface area contributed by atoms with Crippen molar-refractivity contribution in [1.82, 2.24) is 0 Å². The molecule has 2 aliphatic rings. The zero-order chi connectivity index (χ0) is 10.5. The summed E-state index contributed by atoms with van der Waals surface area (Å²) in [5.74, 6) is 0.848. The first kappa shape index (κ1) is 8.60. The van der Waals surface area contributed by atoms with Gasteiger partial charge >= 0.3 is 0 Å². The SMILES string of the molecule is CC12C=CC=CC1Oc1c(N)cccc12. The lowest BCUT2D eigenvalue weighted by Gasteiger charge is -2.26. The number of anilines is 1. The first-order valence-corrected chi connectivity index (χ1v) is 5.13. The monoisotopic (exact) mass is 199 g/mol. The summed E-state index contributed by atoms with van der Waals surface area (Å²) in [6.07, 6.45) is 8.44. The summed E-state index contributed by atoms with van der Waals surface area (Å²) in [5.41, 5.74) is 7.77. The summed E-state index contributed by atoms with van der Waals surface area (Å²) in [4.78, 5) is 0. The van der Waals surface area contributed by atoms with E-state index in [2.05, 4.69) is 31.2 Å². The van der Waals surface area contributed by atoms with E-state index in [9.17, 15) is 0 Å². The fraction of sp³-hybridized carbons (Fsp3) is 0.231. The maximum absolute atomic E-state index is 5.91. The van der Waals surface area contributed by atoms with Crippen LogP contribution in [0.4, 0.5) is 5.69 Å². The molecule has 0 bridgehead atoms. The van der Waals surface area contributed by atoms with Crippen LogP contribution >= 0.6 is 0 Å². The van der Waals surface area contributed by atoms with E-state index in [1.54, 1.807) is 0 Å². The molecule has 0 radical (unpaired) electrons. The summed E-state index contributed by atoms with van der Waals surface area (Å²) in [6, 6.07) is 5.96. The van der Waals surface area contributed by atoms with E-state index in [0.29, 0.717) is 0 Å². The van der Waals surface area contributed by atoms with Crippen molar-refractivity contribution in [2.24, 2.45) is 0 Å². The largest absolute Gasteiger partial charge is 0.483 e. The fourth-order valence-corrected chi connectivity index (χ4v) is 2.36. The Morgan fingerprint density at radius 1 is 1.33 bits per heavy atom. The summed E-state index contributed by atoms with van der Waals surface area (Å²) in [5, 5.41) is 0. The summed E-state index contributed by atoms with van der Waals surface area (Å²) in [7, 11) is 0. The average Bonchev–Trinajstić information content (AvgIpc) is 2.53. The molecule has 0 aromatic heterocycles. The van der Waals surface area contributed by atoms with Crippen LogP contribution in [0.2, 0.25) is 0 Å². The first-order valence-electron chi connectivity index (χ1n) is 5.13. The molecule has 0 saturated carbocycles. The van der Waals surface area contributed by atoms with Crippen LogP contribution in [0.5, 0.6) is 5.75 Å². The van der Waals surface area contributed by atoms with Gasteiger partial charge in [0.05, 0.1) is 11.1 Å². The van der Waals surface area contributed by atoms with Crippen molar-refractivity contribution in [3.63, 3.8) is 0 Å². The molecule has 0 fully saturated rings. The predicted octanol–water partition coefficient (Wildman–Crippen LogP) is 2.41. The van der Waals surface area contributed by atoms with E-state index < -0.39 is 0 Å². The van der Waals surface area contributed by atoms with Gasteiger partial charge in [-0.05, 0) is 19.1 Å². The van der Waals surface area contributed by atoms with Gasteiger partial charge in [0.15, 0.2) is 0 Å². The highest BCUT2D eigenvalue weighted by Crippen LogP contribution is 2.48. The Hall–Kier alpha value is -1.70. The lowest BCUT2D eigenvalue weighted by molar-refractivity contribution is 0.229. The predicted molar refractivity (Wildman–Crippen MR) is 60.9 cm³/mol. The molecule has 0 saturated heterocycles. The first-order chi connectivity index (χ1) is 7.22. The van der Waals surface area contributed by atoms with Crippen molar-refractivity contribution >= 4 is 5.69 Å². The molecule has 2 heteroatoms. The molecule has 1 aromatic rings. The topological polar surface area (TPSA) is 35.2 Å². The molecular weight excluding hydrogens is 186 g/mol. The summed E-state index contributed by atoms with van der Waals surface area (Å²) < 4.78 is 5.88. The van der Waals surface area contributed by atoms with E-state index >= 15 is 0 Å². The molecule has 1 aliphatic carbocycles. The van der Waals surface area contributed by atoms with Crippen LogP contribution in [0.25, 0.3) is 0 Å². The Balaban J connectivity index is 2.24. The molecular formula is C13H13NO. The number of hydrogen-bond donors (Lipinski definition) is 1. The van der Waals surface area contributed by atoms with Gasteiger partial charge in [0.25, 0.3) is 0 Å². The Morgan fingerprint density at radius 3 is 3.07 bits per heavy atom. The van der Waals surface area contributed by atoms with Crippen molar-refractivity contribution in [3.8, 4) is 5.75 Å². The minimum absolute atomic E-state index is 0.0561. The molecule has 1 aliphatic heterocycles. The molecule has 0 amide bonds. The smallest absolute Gasteiger partial charge is 0.147 e. The van der Waals surface area contributed by atoms with E-state index in [0.717, 1.165) is 11.4 Å². The van der Waals surface area contributed by atoms with Gasteiger partial charge in [-0.15, -0.1) is 0 Å². The Bertz CT molecular complexity index is 475. The zero-order valence-electron chi connectivity index (χ0n) is 8.60. The van der Waals surface area contributed by atoms with E-state index in [-0.39, 0.29) is 11.5 Å². The van der Waals surface area contributed by atoms with Gasteiger partial charge in [0, 0.05) is 5.56 Å². The van der Waals surface area contributed by atoms with E-state index in [4.69, 9.17) is 10.5 Å². The van der Waals surface area contributed by atoms with Gasteiger partial charge in [-0.2, -0.15) is 0 Å². The van der Waals surface area contributed by atoms with Crippen molar-refractivity contribution in [3.05, 3.63) is 48.1 Å². The number of para-hydroxylation sites is 1. The van der Waals surface area contributed by atoms with Crippen molar-refractivity contribution < 1.29 is 4.74 Å². The van der Waals surface area contributed by atoms with Crippen molar-refractivity contribution in [1.29, 1.82) is 0 Å². The molecule has 2 unspecified atom stereocenters. The second-order valence-corrected chi connectivity index (χ2v) is 4.29. The van der Waals surface area contributed by atoms with Gasteiger partial charge in [-0.1, -0.05) is 30.4 Å². The third-order valence-corrected chi connectivity index (χ3v) is 3.30. The van der Waals surface area contributed by atoms with Crippen LogP contribution in [0.15, 0.2) is 42.5 Å². The van der Waals surface area contributed by atoms with Crippen molar-refractivity contribution in [2.75, 3.05) is 5.73 Å². The zero-order valence-corrected chi connectivity index (χ0v) is 8.60. The van der Waals surface area contributed by atoms with Gasteiger partial charge in [0.2, 0.25) is 0 Å². The van der Waals surface area contributed by atoms with Crippen LogP contribution in [-0.4, -0.2) is 6.10 Å². The van der Waals surface area contributed by atoms with Crippen LogP contribution in [0.3, 0.4) is 0 Å².